The second kappa shape index (κ2) is 6.35. The summed E-state index contributed by atoms with van der Waals surface area (Å²) in [7, 11) is 0. The van der Waals surface area contributed by atoms with Gasteiger partial charge in [0.2, 0.25) is 0 Å². The van der Waals surface area contributed by atoms with E-state index in [4.69, 9.17) is 11.6 Å². The standard InChI is InChI=1S/C16H13ClO3/c17-13-8-6-12(7-9-13)15(16(19)20)14(10-18)11-4-2-1-3-5-11/h1-10,14-15H,(H,19,20). The Balaban J connectivity index is 2.44. The molecule has 2 unspecified atom stereocenters. The maximum absolute atomic E-state index is 11.6. The number of carbonyl (C=O) groups is 2. The number of carbonyl (C=O) groups excluding carboxylic acids is 1. The summed E-state index contributed by atoms with van der Waals surface area (Å²) in [5.74, 6) is -2.68. The quantitative estimate of drug-likeness (QED) is 0.857. The highest BCUT2D eigenvalue weighted by molar-refractivity contribution is 6.30. The van der Waals surface area contributed by atoms with Crippen molar-refractivity contribution in [3.63, 3.8) is 0 Å². The molecule has 102 valence electrons. The number of benzene rings is 2. The van der Waals surface area contributed by atoms with Crippen LogP contribution in [0.1, 0.15) is 23.0 Å². The van der Waals surface area contributed by atoms with E-state index in [0.717, 1.165) is 0 Å². The van der Waals surface area contributed by atoms with Gasteiger partial charge in [-0.2, -0.15) is 0 Å². The van der Waals surface area contributed by atoms with Crippen LogP contribution in [0.5, 0.6) is 0 Å². The molecule has 0 saturated carbocycles. The molecule has 0 saturated heterocycles. The first-order valence-corrected chi connectivity index (χ1v) is 6.50. The lowest BCUT2D eigenvalue weighted by molar-refractivity contribution is -0.140. The molecular formula is C16H13ClO3. The number of hydrogen-bond donors (Lipinski definition) is 1. The average Bonchev–Trinajstić information content (AvgIpc) is 2.46. The second-order valence-electron chi connectivity index (χ2n) is 4.44. The van der Waals surface area contributed by atoms with E-state index in [0.29, 0.717) is 22.4 Å². The van der Waals surface area contributed by atoms with E-state index in [2.05, 4.69) is 0 Å². The summed E-state index contributed by atoms with van der Waals surface area (Å²) in [4.78, 5) is 23.0. The molecule has 0 radical (unpaired) electrons. The molecule has 0 aliphatic rings. The Morgan fingerprint density at radius 1 is 1.00 bits per heavy atom. The molecule has 0 amide bonds. The van der Waals surface area contributed by atoms with Gasteiger partial charge in [-0.15, -0.1) is 0 Å². The number of carboxylic acids is 1. The highest BCUT2D eigenvalue weighted by atomic mass is 35.5. The van der Waals surface area contributed by atoms with Crippen LogP contribution in [0.25, 0.3) is 0 Å². The molecule has 0 fully saturated rings. The molecule has 0 bridgehead atoms. The minimum atomic E-state index is -1.03. The fourth-order valence-corrected chi connectivity index (χ4v) is 2.32. The molecule has 2 atom stereocenters. The highest BCUT2D eigenvalue weighted by Crippen LogP contribution is 2.32. The summed E-state index contributed by atoms with van der Waals surface area (Å²) >= 11 is 5.81. The van der Waals surface area contributed by atoms with Crippen molar-refractivity contribution in [2.75, 3.05) is 0 Å². The minimum Gasteiger partial charge on any atom is -0.481 e. The van der Waals surface area contributed by atoms with Gasteiger partial charge < -0.3 is 9.90 Å². The predicted octanol–water partition coefficient (Wildman–Crippen LogP) is 3.49. The Morgan fingerprint density at radius 2 is 1.60 bits per heavy atom. The first kappa shape index (κ1) is 14.3. The second-order valence-corrected chi connectivity index (χ2v) is 4.88. The Morgan fingerprint density at radius 3 is 2.10 bits per heavy atom. The van der Waals surface area contributed by atoms with E-state index in [-0.39, 0.29) is 0 Å². The van der Waals surface area contributed by atoms with E-state index in [1.54, 1.807) is 48.5 Å². The largest absolute Gasteiger partial charge is 0.481 e. The van der Waals surface area contributed by atoms with Gasteiger partial charge in [-0.05, 0) is 23.3 Å². The molecule has 4 heteroatoms. The lowest BCUT2D eigenvalue weighted by atomic mass is 9.82. The van der Waals surface area contributed by atoms with Crippen molar-refractivity contribution >= 4 is 23.9 Å². The zero-order valence-electron chi connectivity index (χ0n) is 10.6. The summed E-state index contributed by atoms with van der Waals surface area (Å²) in [6, 6.07) is 15.4. The summed E-state index contributed by atoms with van der Waals surface area (Å²) in [6.45, 7) is 0. The summed E-state index contributed by atoms with van der Waals surface area (Å²) in [6.07, 6.45) is 0.683. The summed E-state index contributed by atoms with van der Waals surface area (Å²) in [5.41, 5.74) is 1.24. The van der Waals surface area contributed by atoms with Gasteiger partial charge in [0.1, 0.15) is 6.29 Å². The van der Waals surface area contributed by atoms with Gasteiger partial charge >= 0.3 is 5.97 Å². The molecule has 0 heterocycles. The Hall–Kier alpha value is -2.13. The number of hydrogen-bond acceptors (Lipinski definition) is 2. The van der Waals surface area contributed by atoms with E-state index in [9.17, 15) is 14.7 Å². The van der Waals surface area contributed by atoms with Gasteiger partial charge in [-0.1, -0.05) is 54.1 Å². The van der Waals surface area contributed by atoms with Gasteiger partial charge in [0.25, 0.3) is 0 Å². The first-order valence-electron chi connectivity index (χ1n) is 6.12. The van der Waals surface area contributed by atoms with Crippen molar-refractivity contribution in [1.29, 1.82) is 0 Å². The lowest BCUT2D eigenvalue weighted by Crippen LogP contribution is -2.21. The molecule has 20 heavy (non-hydrogen) atoms. The van der Waals surface area contributed by atoms with Gasteiger partial charge in [0.05, 0.1) is 11.8 Å². The third-order valence-corrected chi connectivity index (χ3v) is 3.44. The molecule has 0 aromatic heterocycles. The maximum Gasteiger partial charge on any atom is 0.312 e. The van der Waals surface area contributed by atoms with Gasteiger partial charge in [-0.3, -0.25) is 4.79 Å². The SMILES string of the molecule is O=CC(c1ccccc1)C(C(=O)O)c1ccc(Cl)cc1. The fraction of sp³-hybridized carbons (Fsp3) is 0.125. The number of rotatable bonds is 5. The molecule has 2 aromatic rings. The normalized spacial score (nSPS) is 13.4. The monoisotopic (exact) mass is 288 g/mol. The van der Waals surface area contributed by atoms with Gasteiger partial charge in [0, 0.05) is 5.02 Å². The molecule has 2 aromatic carbocycles. The summed E-state index contributed by atoms with van der Waals surface area (Å²) < 4.78 is 0. The van der Waals surface area contributed by atoms with E-state index >= 15 is 0 Å². The average molecular weight is 289 g/mol. The molecule has 1 N–H and O–H groups in total. The van der Waals surface area contributed by atoms with E-state index in [1.165, 1.54) is 0 Å². The third-order valence-electron chi connectivity index (χ3n) is 3.19. The van der Waals surface area contributed by atoms with Crippen molar-refractivity contribution < 1.29 is 14.7 Å². The van der Waals surface area contributed by atoms with Crippen LogP contribution >= 0.6 is 11.6 Å². The maximum atomic E-state index is 11.6. The Labute approximate surface area is 121 Å². The topological polar surface area (TPSA) is 54.4 Å². The molecular weight excluding hydrogens is 276 g/mol. The van der Waals surface area contributed by atoms with Crippen LogP contribution in [0.3, 0.4) is 0 Å². The third kappa shape index (κ3) is 3.06. The van der Waals surface area contributed by atoms with E-state index < -0.39 is 17.8 Å². The smallest absolute Gasteiger partial charge is 0.312 e. The van der Waals surface area contributed by atoms with Gasteiger partial charge in [0.15, 0.2) is 0 Å². The lowest BCUT2D eigenvalue weighted by Gasteiger charge is -2.20. The number of carboxylic acid groups (broad SMARTS) is 1. The summed E-state index contributed by atoms with van der Waals surface area (Å²) in [5, 5.41) is 9.99. The Bertz CT molecular complexity index is 593. The van der Waals surface area contributed by atoms with Gasteiger partial charge in [-0.25, -0.2) is 0 Å². The van der Waals surface area contributed by atoms with Crippen LogP contribution in [-0.4, -0.2) is 17.4 Å². The van der Waals surface area contributed by atoms with Crippen molar-refractivity contribution in [2.24, 2.45) is 0 Å². The zero-order valence-corrected chi connectivity index (χ0v) is 11.3. The van der Waals surface area contributed by atoms with Crippen LogP contribution in [-0.2, 0) is 9.59 Å². The zero-order chi connectivity index (χ0) is 14.5. The molecule has 3 nitrogen and oxygen atoms in total. The van der Waals surface area contributed by atoms with Crippen LogP contribution in [0.4, 0.5) is 0 Å². The first-order chi connectivity index (χ1) is 9.63. The van der Waals surface area contributed by atoms with Crippen molar-refractivity contribution in [2.45, 2.75) is 11.8 Å². The molecule has 0 aliphatic heterocycles. The predicted molar refractivity (Wildman–Crippen MR) is 77.1 cm³/mol. The molecule has 2 rings (SSSR count). The van der Waals surface area contributed by atoms with E-state index in [1.807, 2.05) is 6.07 Å². The fourth-order valence-electron chi connectivity index (χ4n) is 2.20. The van der Waals surface area contributed by atoms with Crippen LogP contribution in [0, 0.1) is 0 Å². The van der Waals surface area contributed by atoms with Crippen LogP contribution < -0.4 is 0 Å². The van der Waals surface area contributed by atoms with Crippen LogP contribution in [0.15, 0.2) is 54.6 Å². The number of aliphatic carboxylic acids is 1. The van der Waals surface area contributed by atoms with Crippen LogP contribution in [0.2, 0.25) is 5.02 Å². The number of aldehydes is 1. The van der Waals surface area contributed by atoms with Crippen molar-refractivity contribution in [3.05, 3.63) is 70.7 Å². The number of halogens is 1. The Kier molecular flexibility index (Phi) is 4.53. The molecule has 0 aliphatic carbocycles. The highest BCUT2D eigenvalue weighted by Gasteiger charge is 2.30. The molecule has 0 spiro atoms. The minimum absolute atomic E-state index is 0.528. The van der Waals surface area contributed by atoms with Crippen molar-refractivity contribution in [1.82, 2.24) is 0 Å². The van der Waals surface area contributed by atoms with Crippen molar-refractivity contribution in [3.8, 4) is 0 Å².